The molecular weight excluding hydrogens is 360 g/mol. The first kappa shape index (κ1) is 17.9. The molecule has 5 nitrogen and oxygen atoms in total. The van der Waals surface area contributed by atoms with Gasteiger partial charge in [-0.2, -0.15) is 0 Å². The third kappa shape index (κ3) is 4.12. The number of para-hydroxylation sites is 2. The number of fused-ring (bicyclic) bond motifs is 1. The van der Waals surface area contributed by atoms with Gasteiger partial charge in [-0.1, -0.05) is 41.7 Å². The van der Waals surface area contributed by atoms with Crippen molar-refractivity contribution >= 4 is 32.6 Å². The van der Waals surface area contributed by atoms with Gasteiger partial charge in [0.25, 0.3) is 5.91 Å². The van der Waals surface area contributed by atoms with Crippen LogP contribution in [0.15, 0.2) is 48.5 Å². The van der Waals surface area contributed by atoms with E-state index in [9.17, 15) is 4.79 Å². The van der Waals surface area contributed by atoms with Crippen LogP contribution >= 0.6 is 11.3 Å². The molecule has 4 rings (SSSR count). The van der Waals surface area contributed by atoms with E-state index in [-0.39, 0.29) is 18.6 Å². The molecular formula is C21H22N2O3S. The molecule has 1 aromatic heterocycles. The minimum Gasteiger partial charge on any atom is -0.483 e. The van der Waals surface area contributed by atoms with Crippen molar-refractivity contribution in [2.75, 3.05) is 24.7 Å². The van der Waals surface area contributed by atoms with Crippen molar-refractivity contribution in [2.45, 2.75) is 25.9 Å². The number of rotatable bonds is 6. The summed E-state index contributed by atoms with van der Waals surface area (Å²) < 4.78 is 12.6. The van der Waals surface area contributed by atoms with E-state index in [1.54, 1.807) is 4.90 Å². The lowest BCUT2D eigenvalue weighted by atomic mass is 10.2. The number of aryl methyl sites for hydroxylation is 1. The summed E-state index contributed by atoms with van der Waals surface area (Å²) in [6.45, 7) is 3.22. The number of hydrogen-bond acceptors (Lipinski definition) is 5. The predicted octanol–water partition coefficient (Wildman–Crippen LogP) is 4.20. The quantitative estimate of drug-likeness (QED) is 0.641. The molecule has 1 amide bonds. The second kappa shape index (κ2) is 8.06. The summed E-state index contributed by atoms with van der Waals surface area (Å²) in [6, 6.07) is 15.6. The Morgan fingerprint density at radius 1 is 1.26 bits per heavy atom. The summed E-state index contributed by atoms with van der Waals surface area (Å²) in [4.78, 5) is 19.4. The standard InChI is InChI=1S/C21H22N2O3S/c1-15-7-2-4-10-18(15)26-14-20(24)23(13-16-8-6-12-25-16)21-22-17-9-3-5-11-19(17)27-21/h2-5,7,9-11,16H,6,8,12-14H2,1H3/t16-/m1/s1. The maximum Gasteiger partial charge on any atom is 0.266 e. The van der Waals surface area contributed by atoms with E-state index in [1.807, 2.05) is 55.5 Å². The number of amides is 1. The minimum absolute atomic E-state index is 0.0203. The highest BCUT2D eigenvalue weighted by Gasteiger charge is 2.26. The molecule has 2 heterocycles. The zero-order valence-corrected chi connectivity index (χ0v) is 16.1. The maximum atomic E-state index is 13.0. The molecule has 1 fully saturated rings. The second-order valence-electron chi connectivity index (χ2n) is 6.66. The van der Waals surface area contributed by atoms with E-state index in [4.69, 9.17) is 9.47 Å². The number of aromatic nitrogens is 1. The van der Waals surface area contributed by atoms with Crippen LogP contribution in [0, 0.1) is 6.92 Å². The molecule has 1 atom stereocenters. The summed E-state index contributed by atoms with van der Waals surface area (Å²) in [6.07, 6.45) is 2.05. The third-order valence-electron chi connectivity index (χ3n) is 4.67. The lowest BCUT2D eigenvalue weighted by Gasteiger charge is -2.23. The van der Waals surface area contributed by atoms with E-state index in [1.165, 1.54) is 11.3 Å². The molecule has 0 saturated carbocycles. The summed E-state index contributed by atoms with van der Waals surface area (Å²) in [5.41, 5.74) is 1.92. The molecule has 0 spiro atoms. The highest BCUT2D eigenvalue weighted by molar-refractivity contribution is 7.22. The SMILES string of the molecule is Cc1ccccc1OCC(=O)N(C[C@H]1CCCO1)c1nc2ccccc2s1. The van der Waals surface area contributed by atoms with Crippen molar-refractivity contribution in [3.8, 4) is 5.75 Å². The molecule has 3 aromatic rings. The predicted molar refractivity (Wildman–Crippen MR) is 108 cm³/mol. The van der Waals surface area contributed by atoms with Crippen molar-refractivity contribution in [3.05, 3.63) is 54.1 Å². The fraction of sp³-hybridized carbons (Fsp3) is 0.333. The second-order valence-corrected chi connectivity index (χ2v) is 7.67. The minimum atomic E-state index is -0.104. The normalized spacial score (nSPS) is 16.6. The van der Waals surface area contributed by atoms with Gasteiger partial charge in [0.1, 0.15) is 5.75 Å². The van der Waals surface area contributed by atoms with Crippen LogP contribution in [0.3, 0.4) is 0 Å². The van der Waals surface area contributed by atoms with E-state index in [2.05, 4.69) is 4.98 Å². The lowest BCUT2D eigenvalue weighted by molar-refractivity contribution is -0.120. The largest absolute Gasteiger partial charge is 0.483 e. The van der Waals surface area contributed by atoms with E-state index in [0.717, 1.165) is 41.0 Å². The number of nitrogens with zero attached hydrogens (tertiary/aromatic N) is 2. The van der Waals surface area contributed by atoms with Crippen LogP contribution in [0.2, 0.25) is 0 Å². The molecule has 0 aliphatic carbocycles. The fourth-order valence-electron chi connectivity index (χ4n) is 3.19. The average molecular weight is 382 g/mol. The molecule has 0 unspecified atom stereocenters. The number of thiazole rings is 1. The Balaban J connectivity index is 1.54. The van der Waals surface area contributed by atoms with Crippen LogP contribution in [-0.2, 0) is 9.53 Å². The molecule has 6 heteroatoms. The van der Waals surface area contributed by atoms with Crippen molar-refractivity contribution in [1.29, 1.82) is 0 Å². The van der Waals surface area contributed by atoms with E-state index >= 15 is 0 Å². The smallest absolute Gasteiger partial charge is 0.266 e. The van der Waals surface area contributed by atoms with Gasteiger partial charge in [0, 0.05) is 6.61 Å². The summed E-state index contributed by atoms with van der Waals surface area (Å²) in [5, 5.41) is 0.699. The summed E-state index contributed by atoms with van der Waals surface area (Å²) in [7, 11) is 0. The summed E-state index contributed by atoms with van der Waals surface area (Å²) >= 11 is 1.52. The number of ether oxygens (including phenoxy) is 2. The highest BCUT2D eigenvalue weighted by atomic mass is 32.1. The topological polar surface area (TPSA) is 51.7 Å². The Hall–Kier alpha value is -2.44. The van der Waals surface area contributed by atoms with Crippen molar-refractivity contribution in [3.63, 3.8) is 0 Å². The highest BCUT2D eigenvalue weighted by Crippen LogP contribution is 2.30. The Kier molecular flexibility index (Phi) is 5.36. The van der Waals surface area contributed by atoms with Gasteiger partial charge in [0.2, 0.25) is 0 Å². The van der Waals surface area contributed by atoms with Crippen LogP contribution in [0.4, 0.5) is 5.13 Å². The molecule has 0 bridgehead atoms. The first-order valence-corrected chi connectivity index (χ1v) is 9.98. The Bertz CT molecular complexity index is 901. The fourth-order valence-corrected chi connectivity index (χ4v) is 4.18. The molecule has 1 saturated heterocycles. The molecule has 140 valence electrons. The van der Waals surface area contributed by atoms with Gasteiger partial charge in [0.15, 0.2) is 11.7 Å². The van der Waals surface area contributed by atoms with Gasteiger partial charge in [-0.15, -0.1) is 0 Å². The number of anilines is 1. The molecule has 0 radical (unpaired) electrons. The van der Waals surface area contributed by atoms with Crippen molar-refractivity contribution in [2.24, 2.45) is 0 Å². The lowest BCUT2D eigenvalue weighted by Crippen LogP contribution is -2.40. The van der Waals surface area contributed by atoms with Crippen LogP contribution in [-0.4, -0.2) is 36.8 Å². The molecule has 1 aliphatic heterocycles. The number of benzene rings is 2. The zero-order chi connectivity index (χ0) is 18.6. The van der Waals surface area contributed by atoms with Gasteiger partial charge < -0.3 is 9.47 Å². The Labute approximate surface area is 162 Å². The van der Waals surface area contributed by atoms with Crippen molar-refractivity contribution in [1.82, 2.24) is 4.98 Å². The van der Waals surface area contributed by atoms with E-state index < -0.39 is 0 Å². The molecule has 1 aliphatic rings. The third-order valence-corrected chi connectivity index (χ3v) is 5.73. The average Bonchev–Trinajstić information content (AvgIpc) is 3.34. The maximum absolute atomic E-state index is 13.0. The van der Waals surface area contributed by atoms with Crippen LogP contribution in [0.5, 0.6) is 5.75 Å². The van der Waals surface area contributed by atoms with Crippen LogP contribution in [0.25, 0.3) is 10.2 Å². The zero-order valence-electron chi connectivity index (χ0n) is 15.3. The van der Waals surface area contributed by atoms with Gasteiger partial charge >= 0.3 is 0 Å². The summed E-state index contributed by atoms with van der Waals surface area (Å²) in [5.74, 6) is 0.625. The van der Waals surface area contributed by atoms with Gasteiger partial charge in [-0.3, -0.25) is 9.69 Å². The van der Waals surface area contributed by atoms with E-state index in [0.29, 0.717) is 11.7 Å². The number of hydrogen-bond donors (Lipinski definition) is 0. The van der Waals surface area contributed by atoms with Gasteiger partial charge in [-0.25, -0.2) is 4.98 Å². The van der Waals surface area contributed by atoms with Crippen LogP contribution in [0.1, 0.15) is 18.4 Å². The molecule has 2 aromatic carbocycles. The molecule has 27 heavy (non-hydrogen) atoms. The number of carbonyl (C=O) groups is 1. The van der Waals surface area contributed by atoms with Crippen molar-refractivity contribution < 1.29 is 14.3 Å². The van der Waals surface area contributed by atoms with Gasteiger partial charge in [-0.05, 0) is 43.5 Å². The van der Waals surface area contributed by atoms with Gasteiger partial charge in [0.05, 0.1) is 22.9 Å². The first-order valence-electron chi connectivity index (χ1n) is 9.16. The Morgan fingerprint density at radius 3 is 2.85 bits per heavy atom. The molecule has 0 N–H and O–H groups in total. The van der Waals surface area contributed by atoms with Crippen LogP contribution < -0.4 is 9.64 Å². The monoisotopic (exact) mass is 382 g/mol. The Morgan fingerprint density at radius 2 is 2.07 bits per heavy atom. The first-order chi connectivity index (χ1) is 13.2. The number of carbonyl (C=O) groups excluding carboxylic acids is 1.